The summed E-state index contributed by atoms with van der Waals surface area (Å²) in [5.74, 6) is 1.16. The number of fused-ring (bicyclic) bond motifs is 1. The number of hydrogen-bond acceptors (Lipinski definition) is 4. The zero-order valence-corrected chi connectivity index (χ0v) is 12.8. The van der Waals surface area contributed by atoms with Crippen LogP contribution in [0.4, 0.5) is 0 Å². The largest absolute Gasteiger partial charge is 0.305 e. The van der Waals surface area contributed by atoms with Gasteiger partial charge in [-0.15, -0.1) is 11.3 Å². The van der Waals surface area contributed by atoms with Crippen molar-refractivity contribution in [1.29, 1.82) is 0 Å². The van der Waals surface area contributed by atoms with Crippen molar-refractivity contribution < 1.29 is 0 Å². The van der Waals surface area contributed by atoms with Gasteiger partial charge in [0.2, 0.25) is 0 Å². The van der Waals surface area contributed by atoms with E-state index < -0.39 is 0 Å². The van der Waals surface area contributed by atoms with Crippen molar-refractivity contribution in [2.24, 2.45) is 0 Å². The van der Waals surface area contributed by atoms with E-state index in [9.17, 15) is 0 Å². The molecule has 0 saturated heterocycles. The minimum Gasteiger partial charge on any atom is -0.305 e. The SMILES string of the molecule is CCC(CSC)NC(C)c1nc2ccccc2s1. The Morgan fingerprint density at radius 2 is 2.17 bits per heavy atom. The highest BCUT2D eigenvalue weighted by Gasteiger charge is 2.14. The van der Waals surface area contributed by atoms with E-state index in [1.165, 1.54) is 9.71 Å². The van der Waals surface area contributed by atoms with Crippen molar-refractivity contribution in [2.75, 3.05) is 12.0 Å². The Bertz CT molecular complexity index is 462. The van der Waals surface area contributed by atoms with Crippen LogP contribution >= 0.6 is 23.1 Å². The average Bonchev–Trinajstić information content (AvgIpc) is 2.82. The lowest BCUT2D eigenvalue weighted by Gasteiger charge is -2.19. The molecule has 2 atom stereocenters. The molecule has 2 aromatic rings. The van der Waals surface area contributed by atoms with Crippen LogP contribution in [0, 0.1) is 0 Å². The van der Waals surface area contributed by atoms with Gasteiger partial charge >= 0.3 is 0 Å². The number of para-hydroxylation sites is 1. The molecule has 0 saturated carbocycles. The number of aromatic nitrogens is 1. The summed E-state index contributed by atoms with van der Waals surface area (Å²) in [5, 5.41) is 4.86. The molecule has 1 aromatic carbocycles. The van der Waals surface area contributed by atoms with Gasteiger partial charge in [0.25, 0.3) is 0 Å². The van der Waals surface area contributed by atoms with E-state index in [-0.39, 0.29) is 0 Å². The summed E-state index contributed by atoms with van der Waals surface area (Å²) in [6.07, 6.45) is 3.32. The van der Waals surface area contributed by atoms with Crippen LogP contribution in [0.2, 0.25) is 0 Å². The standard InChI is InChI=1S/C14H20N2S2/c1-4-11(9-17-3)15-10(2)14-16-12-7-5-6-8-13(12)18-14/h5-8,10-11,15H,4,9H2,1-3H3. The van der Waals surface area contributed by atoms with E-state index in [1.54, 1.807) is 11.3 Å². The molecular formula is C14H20N2S2. The second-order valence-corrected chi connectivity index (χ2v) is 6.44. The second kappa shape index (κ2) is 6.55. The Morgan fingerprint density at radius 3 is 2.83 bits per heavy atom. The highest BCUT2D eigenvalue weighted by atomic mass is 32.2. The number of thioether (sulfide) groups is 1. The summed E-state index contributed by atoms with van der Waals surface area (Å²) in [7, 11) is 0. The Labute approximate surface area is 117 Å². The number of thiazole rings is 1. The molecular weight excluding hydrogens is 260 g/mol. The highest BCUT2D eigenvalue weighted by Crippen LogP contribution is 2.26. The third kappa shape index (κ3) is 3.25. The van der Waals surface area contributed by atoms with Crippen molar-refractivity contribution in [3.8, 4) is 0 Å². The van der Waals surface area contributed by atoms with E-state index in [1.807, 2.05) is 17.8 Å². The maximum Gasteiger partial charge on any atom is 0.111 e. The molecule has 4 heteroatoms. The monoisotopic (exact) mass is 280 g/mol. The van der Waals surface area contributed by atoms with Crippen LogP contribution in [0.25, 0.3) is 10.2 Å². The third-order valence-electron chi connectivity index (χ3n) is 3.03. The van der Waals surface area contributed by atoms with Gasteiger partial charge in [-0.2, -0.15) is 11.8 Å². The van der Waals surface area contributed by atoms with Crippen LogP contribution in [0.1, 0.15) is 31.3 Å². The minimum atomic E-state index is 0.333. The smallest absolute Gasteiger partial charge is 0.111 e. The normalized spacial score (nSPS) is 14.8. The van der Waals surface area contributed by atoms with Crippen molar-refractivity contribution in [3.05, 3.63) is 29.3 Å². The van der Waals surface area contributed by atoms with E-state index in [0.29, 0.717) is 12.1 Å². The Morgan fingerprint density at radius 1 is 1.39 bits per heavy atom. The fraction of sp³-hybridized carbons (Fsp3) is 0.500. The fourth-order valence-electron chi connectivity index (χ4n) is 1.99. The van der Waals surface area contributed by atoms with E-state index >= 15 is 0 Å². The molecule has 98 valence electrons. The number of rotatable bonds is 6. The van der Waals surface area contributed by atoms with Crippen LogP contribution in [0.3, 0.4) is 0 Å². The molecule has 0 bridgehead atoms. The molecule has 2 unspecified atom stereocenters. The van der Waals surface area contributed by atoms with Gasteiger partial charge in [0.1, 0.15) is 5.01 Å². The van der Waals surface area contributed by atoms with Gasteiger partial charge in [-0.25, -0.2) is 4.98 Å². The molecule has 0 aliphatic carbocycles. The van der Waals surface area contributed by atoms with Gasteiger partial charge in [-0.3, -0.25) is 0 Å². The molecule has 0 radical (unpaired) electrons. The lowest BCUT2D eigenvalue weighted by atomic mass is 10.2. The summed E-state index contributed by atoms with van der Waals surface area (Å²) in [4.78, 5) is 4.71. The molecule has 0 aliphatic heterocycles. The van der Waals surface area contributed by atoms with Gasteiger partial charge in [-0.05, 0) is 31.7 Å². The van der Waals surface area contributed by atoms with Gasteiger partial charge in [0, 0.05) is 11.8 Å². The fourth-order valence-corrected chi connectivity index (χ4v) is 3.70. The lowest BCUT2D eigenvalue weighted by Crippen LogP contribution is -2.32. The van der Waals surface area contributed by atoms with Crippen LogP contribution in [-0.2, 0) is 0 Å². The lowest BCUT2D eigenvalue weighted by molar-refractivity contribution is 0.474. The third-order valence-corrected chi connectivity index (χ3v) is 4.98. The molecule has 2 nitrogen and oxygen atoms in total. The number of benzene rings is 1. The van der Waals surface area contributed by atoms with Crippen LogP contribution < -0.4 is 5.32 Å². The number of nitrogens with zero attached hydrogens (tertiary/aromatic N) is 1. The first-order valence-electron chi connectivity index (χ1n) is 6.35. The van der Waals surface area contributed by atoms with E-state index in [4.69, 9.17) is 4.98 Å². The molecule has 1 heterocycles. The average molecular weight is 280 g/mol. The zero-order valence-electron chi connectivity index (χ0n) is 11.1. The summed E-state index contributed by atoms with van der Waals surface area (Å²) in [6.45, 7) is 4.44. The summed E-state index contributed by atoms with van der Waals surface area (Å²) >= 11 is 3.69. The maximum absolute atomic E-state index is 4.71. The molecule has 18 heavy (non-hydrogen) atoms. The van der Waals surface area contributed by atoms with Crippen LogP contribution in [-0.4, -0.2) is 23.0 Å². The van der Waals surface area contributed by atoms with Gasteiger partial charge in [0.05, 0.1) is 16.3 Å². The van der Waals surface area contributed by atoms with Crippen molar-refractivity contribution in [2.45, 2.75) is 32.4 Å². The molecule has 0 fully saturated rings. The molecule has 1 aromatic heterocycles. The first-order chi connectivity index (χ1) is 8.74. The molecule has 0 amide bonds. The predicted molar refractivity (Wildman–Crippen MR) is 83.6 cm³/mol. The van der Waals surface area contributed by atoms with Crippen molar-refractivity contribution in [3.63, 3.8) is 0 Å². The van der Waals surface area contributed by atoms with Crippen LogP contribution in [0.15, 0.2) is 24.3 Å². The predicted octanol–water partition coefficient (Wildman–Crippen LogP) is 4.09. The minimum absolute atomic E-state index is 0.333. The van der Waals surface area contributed by atoms with Gasteiger partial charge in [-0.1, -0.05) is 19.1 Å². The van der Waals surface area contributed by atoms with Gasteiger partial charge < -0.3 is 5.32 Å². The van der Waals surface area contributed by atoms with E-state index in [0.717, 1.165) is 17.7 Å². The maximum atomic E-state index is 4.71. The Kier molecular flexibility index (Phi) is 5.03. The topological polar surface area (TPSA) is 24.9 Å². The Hall–Kier alpha value is -0.580. The van der Waals surface area contributed by atoms with Crippen LogP contribution in [0.5, 0.6) is 0 Å². The van der Waals surface area contributed by atoms with E-state index in [2.05, 4.69) is 43.6 Å². The molecule has 1 N–H and O–H groups in total. The van der Waals surface area contributed by atoms with Gasteiger partial charge in [0.15, 0.2) is 0 Å². The number of hydrogen-bond donors (Lipinski definition) is 1. The zero-order chi connectivity index (χ0) is 13.0. The summed E-state index contributed by atoms with van der Waals surface area (Å²) < 4.78 is 1.28. The Balaban J connectivity index is 2.10. The second-order valence-electron chi connectivity index (χ2n) is 4.47. The first kappa shape index (κ1) is 13.8. The summed E-state index contributed by atoms with van der Waals surface area (Å²) in [5.41, 5.74) is 1.11. The molecule has 0 aliphatic rings. The molecule has 2 rings (SSSR count). The summed E-state index contributed by atoms with van der Waals surface area (Å²) in [6, 6.07) is 9.25. The van der Waals surface area contributed by atoms with Crippen molar-refractivity contribution in [1.82, 2.24) is 10.3 Å². The number of nitrogens with one attached hydrogen (secondary N) is 1. The van der Waals surface area contributed by atoms with Crippen molar-refractivity contribution >= 4 is 33.3 Å². The highest BCUT2D eigenvalue weighted by molar-refractivity contribution is 7.98. The molecule has 0 spiro atoms. The first-order valence-corrected chi connectivity index (χ1v) is 8.56. The quantitative estimate of drug-likeness (QED) is 0.862.